The highest BCUT2D eigenvalue weighted by molar-refractivity contribution is 6.30. The first-order valence-corrected chi connectivity index (χ1v) is 30.7. The summed E-state index contributed by atoms with van der Waals surface area (Å²) in [6.45, 7) is 21.5. The standard InChI is InChI=1S/C65H79Cl2N13O6/c1-10-86-53-37-46(63(4,5)6)19-25-51(53)59-73-64(7,44-15-20-47(66)21-16-44)65(8,45-17-22-48(67)23-18-45)80(59)62(85)78-31-29-75(30-32-78)40-55(82)68-27-28-74(9)41-56(83)77-35-33-76(34-36-77)50-24-26-54(69-38-50)71-61-70-39-52-42(2)57(43(3)81)60(84)79(58(52)72-61)49-13-11-12-14-49/h15-26,37-39,49H,10-14,27-36,40-41H2,1-9H3,(H,68,82)(H,69,70,71,72)/t64-,65+/m0/s1. The minimum Gasteiger partial charge on any atom is -0.493 e. The van der Waals surface area contributed by atoms with Crippen LogP contribution in [0.4, 0.5) is 22.2 Å². The lowest BCUT2D eigenvalue weighted by Gasteiger charge is -2.47. The lowest BCUT2D eigenvalue weighted by molar-refractivity contribution is -0.132. The van der Waals surface area contributed by atoms with E-state index in [-0.39, 0.29) is 59.3 Å². The van der Waals surface area contributed by atoms with Gasteiger partial charge in [0.2, 0.25) is 17.8 Å². The fraction of sp³-hybridized carbons (Fsp3) is 0.462. The number of benzene rings is 3. The van der Waals surface area contributed by atoms with E-state index in [1.807, 2.05) is 100 Å². The van der Waals surface area contributed by atoms with Crippen LogP contribution in [0, 0.1) is 6.92 Å². The lowest BCUT2D eigenvalue weighted by Crippen LogP contribution is -2.61. The molecule has 3 fully saturated rings. The van der Waals surface area contributed by atoms with Crippen LogP contribution in [0.1, 0.15) is 118 Å². The van der Waals surface area contributed by atoms with E-state index in [9.17, 15) is 19.2 Å². The summed E-state index contributed by atoms with van der Waals surface area (Å²) >= 11 is 13.0. The largest absolute Gasteiger partial charge is 0.493 e. The molecule has 3 aromatic carbocycles. The number of carbonyl (C=O) groups is 4. The number of urea groups is 1. The number of nitrogens with zero attached hydrogens (tertiary/aromatic N) is 11. The molecule has 0 spiro atoms. The number of aromatic nitrogens is 4. The Hall–Kier alpha value is -7.45. The maximum absolute atomic E-state index is 15.6. The van der Waals surface area contributed by atoms with Gasteiger partial charge in [0.05, 0.1) is 42.7 Å². The Labute approximate surface area is 513 Å². The summed E-state index contributed by atoms with van der Waals surface area (Å²) < 4.78 is 8.07. The number of anilines is 3. The molecule has 2 atom stereocenters. The van der Waals surface area contributed by atoms with Crippen LogP contribution in [0.5, 0.6) is 5.75 Å². The number of likely N-dealkylation sites (N-methyl/N-ethyl adjacent to an activating group) is 1. The monoisotopic (exact) mass is 1210 g/mol. The normalized spacial score (nSPS) is 19.6. The van der Waals surface area contributed by atoms with E-state index in [1.165, 1.54) is 6.92 Å². The van der Waals surface area contributed by atoms with Crippen molar-refractivity contribution in [2.45, 2.75) is 104 Å². The van der Waals surface area contributed by atoms with E-state index in [1.54, 1.807) is 23.9 Å². The van der Waals surface area contributed by atoms with Crippen molar-refractivity contribution in [2.24, 2.45) is 4.99 Å². The average molecular weight is 1210 g/mol. The second-order valence-corrected chi connectivity index (χ2v) is 25.3. The number of nitrogens with one attached hydrogen (secondary N) is 2. The molecule has 6 heterocycles. The SMILES string of the molecule is CCOc1cc(C(C)(C)C)ccc1C1=N[C@@](C)(c2ccc(Cl)cc2)[C@@](C)(c2ccc(Cl)cc2)N1C(=O)N1CCN(CC(=O)NCCN(C)CC(=O)N2CCN(c3ccc(Nc4ncc5c(C)c(C(C)=O)c(=O)n(C6CCCC6)c5n4)nc3)CC2)CC1. The van der Waals surface area contributed by atoms with E-state index >= 15 is 4.79 Å². The lowest BCUT2D eigenvalue weighted by atomic mass is 9.71. The first kappa shape index (κ1) is 61.6. The minimum absolute atomic E-state index is 0.0219. The van der Waals surface area contributed by atoms with E-state index in [2.05, 4.69) is 77.2 Å². The van der Waals surface area contributed by atoms with Gasteiger partial charge in [-0.3, -0.25) is 43.4 Å². The number of amidine groups is 1. The number of amides is 4. The Kier molecular flexibility index (Phi) is 18.3. The molecular formula is C65H79Cl2N13O6. The summed E-state index contributed by atoms with van der Waals surface area (Å²) in [6.07, 6.45) is 7.20. The molecule has 86 heavy (non-hydrogen) atoms. The number of ether oxygens (including phenoxy) is 1. The van der Waals surface area contributed by atoms with Crippen LogP contribution < -0.4 is 25.8 Å². The molecule has 19 nitrogen and oxygen atoms in total. The molecule has 3 aromatic heterocycles. The number of ketones is 1. The van der Waals surface area contributed by atoms with Crippen molar-refractivity contribution in [3.8, 4) is 5.75 Å². The fourth-order valence-electron chi connectivity index (χ4n) is 12.6. The smallest absolute Gasteiger partial charge is 0.326 e. The first-order chi connectivity index (χ1) is 41.1. The average Bonchev–Trinajstić information content (AvgIpc) is 1.53. The van der Waals surface area contributed by atoms with E-state index in [0.717, 1.165) is 48.1 Å². The van der Waals surface area contributed by atoms with Gasteiger partial charge >= 0.3 is 6.03 Å². The molecule has 1 aliphatic carbocycles. The summed E-state index contributed by atoms with van der Waals surface area (Å²) in [6, 6.07) is 25.0. The zero-order chi connectivity index (χ0) is 61.2. The van der Waals surface area contributed by atoms with Gasteiger partial charge in [-0.1, -0.05) is 87.1 Å². The summed E-state index contributed by atoms with van der Waals surface area (Å²) in [5, 5.41) is 8.09. The predicted molar refractivity (Wildman–Crippen MR) is 339 cm³/mol. The second-order valence-electron chi connectivity index (χ2n) is 24.5. The minimum atomic E-state index is -1.07. The number of pyridine rings is 2. The Morgan fingerprint density at radius 1 is 0.814 bits per heavy atom. The summed E-state index contributed by atoms with van der Waals surface area (Å²) in [5.41, 5.74) is 3.19. The van der Waals surface area contributed by atoms with Gasteiger partial charge in [0, 0.05) is 93.1 Å². The van der Waals surface area contributed by atoms with Crippen molar-refractivity contribution in [3.05, 3.63) is 145 Å². The second kappa shape index (κ2) is 25.5. The molecule has 4 amide bonds. The number of aliphatic imine (C=N–C) groups is 1. The van der Waals surface area contributed by atoms with Gasteiger partial charge in [-0.25, -0.2) is 14.8 Å². The number of piperazine rings is 2. The van der Waals surface area contributed by atoms with Crippen molar-refractivity contribution < 1.29 is 23.9 Å². The summed E-state index contributed by atoms with van der Waals surface area (Å²) in [5.74, 6) is 1.60. The Morgan fingerprint density at radius 2 is 1.47 bits per heavy atom. The van der Waals surface area contributed by atoms with Crippen molar-refractivity contribution in [2.75, 3.05) is 102 Å². The van der Waals surface area contributed by atoms with E-state index in [0.29, 0.717) is 128 Å². The van der Waals surface area contributed by atoms with Gasteiger partial charge in [0.25, 0.3) is 5.56 Å². The van der Waals surface area contributed by atoms with Crippen LogP contribution >= 0.6 is 23.2 Å². The quantitative estimate of drug-likeness (QED) is 0.0821. The number of fused-ring (bicyclic) bond motifs is 1. The number of rotatable bonds is 17. The molecule has 4 aliphatic rings. The molecule has 0 unspecified atom stereocenters. The van der Waals surface area contributed by atoms with Gasteiger partial charge in [-0.05, 0) is 131 Å². The van der Waals surface area contributed by atoms with Crippen molar-refractivity contribution in [3.63, 3.8) is 0 Å². The molecule has 1 saturated carbocycles. The number of Topliss-reactive ketones (excluding diaryl/α,β-unsaturated/α-hetero) is 1. The van der Waals surface area contributed by atoms with Crippen molar-refractivity contribution in [1.29, 1.82) is 0 Å². The number of hydrogen-bond donors (Lipinski definition) is 2. The molecule has 2 saturated heterocycles. The molecule has 0 radical (unpaired) electrons. The molecule has 21 heteroatoms. The molecular weight excluding hydrogens is 1130 g/mol. The number of hydrogen-bond acceptors (Lipinski definition) is 14. The van der Waals surface area contributed by atoms with Gasteiger partial charge in [-0.2, -0.15) is 4.98 Å². The van der Waals surface area contributed by atoms with Crippen LogP contribution in [-0.4, -0.2) is 166 Å². The highest BCUT2D eigenvalue weighted by atomic mass is 35.5. The Bertz CT molecular complexity index is 3590. The Balaban J connectivity index is 0.714. The van der Waals surface area contributed by atoms with Gasteiger partial charge in [-0.15, -0.1) is 0 Å². The molecule has 454 valence electrons. The van der Waals surface area contributed by atoms with E-state index in [4.69, 9.17) is 37.9 Å². The van der Waals surface area contributed by atoms with Crippen LogP contribution in [0.25, 0.3) is 11.0 Å². The van der Waals surface area contributed by atoms with Crippen LogP contribution in [0.15, 0.2) is 101 Å². The third-order valence-electron chi connectivity index (χ3n) is 17.8. The molecule has 10 rings (SSSR count). The number of carbonyl (C=O) groups excluding carboxylic acids is 4. The topological polar surface area (TPSA) is 194 Å². The van der Waals surface area contributed by atoms with Crippen molar-refractivity contribution in [1.82, 2.24) is 49.3 Å². The molecule has 2 N–H and O–H groups in total. The summed E-state index contributed by atoms with van der Waals surface area (Å²) in [4.78, 5) is 100. The molecule has 6 aromatic rings. The predicted octanol–water partition coefficient (Wildman–Crippen LogP) is 9.59. The van der Waals surface area contributed by atoms with Crippen LogP contribution in [-0.2, 0) is 26.1 Å². The zero-order valence-corrected chi connectivity index (χ0v) is 52.4. The number of halogens is 2. The Morgan fingerprint density at radius 3 is 2.08 bits per heavy atom. The fourth-order valence-corrected chi connectivity index (χ4v) is 12.8. The molecule has 0 bridgehead atoms. The summed E-state index contributed by atoms with van der Waals surface area (Å²) in [7, 11) is 1.88. The van der Waals surface area contributed by atoms with E-state index < -0.39 is 11.1 Å². The number of aryl methyl sites for hydroxylation is 1. The first-order valence-electron chi connectivity index (χ1n) is 29.9. The maximum atomic E-state index is 15.6. The van der Waals surface area contributed by atoms with Crippen LogP contribution in [0.3, 0.4) is 0 Å². The third-order valence-corrected chi connectivity index (χ3v) is 18.3. The van der Waals surface area contributed by atoms with Gasteiger partial charge < -0.3 is 30.1 Å². The molecule has 3 aliphatic heterocycles. The van der Waals surface area contributed by atoms with Gasteiger partial charge in [0.1, 0.15) is 34.1 Å². The zero-order valence-electron chi connectivity index (χ0n) is 50.9. The van der Waals surface area contributed by atoms with Crippen molar-refractivity contribution >= 4 is 81.2 Å². The maximum Gasteiger partial charge on any atom is 0.326 e. The highest BCUT2D eigenvalue weighted by Gasteiger charge is 2.60. The third kappa shape index (κ3) is 12.6. The highest BCUT2D eigenvalue weighted by Crippen LogP contribution is 2.54. The van der Waals surface area contributed by atoms with Gasteiger partial charge in [0.15, 0.2) is 5.78 Å². The van der Waals surface area contributed by atoms with Crippen LogP contribution in [0.2, 0.25) is 10.0 Å².